The van der Waals surface area contributed by atoms with Gasteiger partial charge in [0, 0.05) is 13.1 Å². The average molecular weight is 181 g/mol. The zero-order chi connectivity index (χ0) is 9.27. The average Bonchev–Trinajstić information content (AvgIpc) is 2.76. The Morgan fingerprint density at radius 3 is 2.31 bits per heavy atom. The smallest absolute Gasteiger partial charge is 0.229 e. The molecule has 0 unspecified atom stereocenters. The molecule has 0 aliphatic heterocycles. The minimum atomic E-state index is -0.444. The molecule has 4 fully saturated rings. The predicted molar refractivity (Wildman–Crippen MR) is 47.0 cm³/mol. The fourth-order valence-corrected chi connectivity index (χ4v) is 2.96. The lowest BCUT2D eigenvalue weighted by Crippen LogP contribution is -2.72. The van der Waals surface area contributed by atoms with Crippen molar-refractivity contribution in [2.75, 3.05) is 7.05 Å². The fraction of sp³-hybridized carbons (Fsp3) is 0.900. The molecular formula is C10H15NO2. The highest BCUT2D eigenvalue weighted by Crippen LogP contribution is 2.68. The molecular weight excluding hydrogens is 166 g/mol. The lowest BCUT2D eigenvalue weighted by Gasteiger charge is -2.66. The summed E-state index contributed by atoms with van der Waals surface area (Å²) in [4.78, 5) is 13.8. The molecule has 72 valence electrons. The van der Waals surface area contributed by atoms with E-state index < -0.39 is 5.60 Å². The van der Waals surface area contributed by atoms with Crippen LogP contribution in [0.15, 0.2) is 0 Å². The second-order valence-corrected chi connectivity index (χ2v) is 5.18. The van der Waals surface area contributed by atoms with Crippen LogP contribution in [0.1, 0.15) is 32.1 Å². The third-order valence-electron chi connectivity index (χ3n) is 3.87. The van der Waals surface area contributed by atoms with Gasteiger partial charge < -0.3 is 10.0 Å². The quantitative estimate of drug-likeness (QED) is 0.674. The molecule has 4 saturated carbocycles. The molecule has 0 heterocycles. The Kier molecular flexibility index (Phi) is 1.15. The van der Waals surface area contributed by atoms with Gasteiger partial charge in [0.15, 0.2) is 0 Å². The molecule has 3 heteroatoms. The molecule has 3 nitrogen and oxygen atoms in total. The first-order valence-electron chi connectivity index (χ1n) is 5.04. The number of rotatable bonds is 2. The van der Waals surface area contributed by atoms with Gasteiger partial charge in [0.2, 0.25) is 5.91 Å². The number of hydrogen-bond donors (Lipinski definition) is 1. The lowest BCUT2D eigenvalue weighted by molar-refractivity contribution is -0.255. The molecule has 0 spiro atoms. The zero-order valence-corrected chi connectivity index (χ0v) is 7.92. The summed E-state index contributed by atoms with van der Waals surface area (Å²) in [6, 6.07) is 0.510. The maximum Gasteiger partial charge on any atom is 0.229 e. The van der Waals surface area contributed by atoms with E-state index >= 15 is 0 Å². The van der Waals surface area contributed by atoms with Crippen molar-refractivity contribution in [3.8, 4) is 0 Å². The van der Waals surface area contributed by atoms with Crippen LogP contribution in [0.25, 0.3) is 0 Å². The van der Waals surface area contributed by atoms with Gasteiger partial charge in [-0.15, -0.1) is 0 Å². The number of nitrogens with zero attached hydrogens (tertiary/aromatic N) is 1. The summed E-state index contributed by atoms with van der Waals surface area (Å²) >= 11 is 0. The molecule has 1 amide bonds. The van der Waals surface area contributed by atoms with Gasteiger partial charge in [0.1, 0.15) is 0 Å². The van der Waals surface area contributed by atoms with E-state index in [-0.39, 0.29) is 11.3 Å². The van der Waals surface area contributed by atoms with Crippen LogP contribution in [-0.4, -0.2) is 34.6 Å². The highest BCUT2D eigenvalue weighted by molar-refractivity contribution is 5.87. The van der Waals surface area contributed by atoms with Gasteiger partial charge in [0.25, 0.3) is 0 Å². The molecule has 2 bridgehead atoms. The Bertz CT molecular complexity index is 263. The van der Waals surface area contributed by atoms with Crippen molar-refractivity contribution < 1.29 is 9.90 Å². The molecule has 13 heavy (non-hydrogen) atoms. The van der Waals surface area contributed by atoms with Crippen LogP contribution in [0.2, 0.25) is 0 Å². The standard InChI is InChI=1S/C10H15NO2/c1-11(7-2-3-7)8(12)9-4-10(13,5-9)6-9/h7,13H,2-6H2,1H3. The molecule has 0 saturated heterocycles. The minimum absolute atomic E-state index is 0.133. The van der Waals surface area contributed by atoms with Crippen LogP contribution in [0.5, 0.6) is 0 Å². The molecule has 0 atom stereocenters. The van der Waals surface area contributed by atoms with E-state index in [9.17, 15) is 9.90 Å². The molecule has 0 radical (unpaired) electrons. The third-order valence-corrected chi connectivity index (χ3v) is 3.87. The predicted octanol–water partition coefficient (Wildman–Crippen LogP) is 0.522. The first-order chi connectivity index (χ1) is 6.05. The van der Waals surface area contributed by atoms with Crippen molar-refractivity contribution in [1.29, 1.82) is 0 Å². The topological polar surface area (TPSA) is 40.5 Å². The highest BCUT2D eigenvalue weighted by atomic mass is 16.3. The Labute approximate surface area is 77.7 Å². The van der Waals surface area contributed by atoms with Crippen molar-refractivity contribution in [1.82, 2.24) is 4.90 Å². The number of aliphatic hydroxyl groups is 1. The van der Waals surface area contributed by atoms with Gasteiger partial charge in [-0.1, -0.05) is 0 Å². The van der Waals surface area contributed by atoms with Gasteiger partial charge in [-0.25, -0.2) is 0 Å². The zero-order valence-electron chi connectivity index (χ0n) is 7.92. The highest BCUT2D eigenvalue weighted by Gasteiger charge is 2.72. The van der Waals surface area contributed by atoms with E-state index in [1.165, 1.54) is 12.8 Å². The van der Waals surface area contributed by atoms with Gasteiger partial charge in [-0.3, -0.25) is 4.79 Å². The number of carbonyl (C=O) groups is 1. The van der Waals surface area contributed by atoms with Crippen LogP contribution < -0.4 is 0 Å². The van der Waals surface area contributed by atoms with E-state index in [1.54, 1.807) is 0 Å². The van der Waals surface area contributed by atoms with E-state index in [2.05, 4.69) is 0 Å². The van der Waals surface area contributed by atoms with Crippen LogP contribution >= 0.6 is 0 Å². The summed E-state index contributed by atoms with van der Waals surface area (Å²) in [7, 11) is 1.91. The Morgan fingerprint density at radius 2 is 1.92 bits per heavy atom. The summed E-state index contributed by atoms with van der Waals surface area (Å²) in [6.45, 7) is 0. The third kappa shape index (κ3) is 0.857. The molecule has 4 aliphatic rings. The van der Waals surface area contributed by atoms with E-state index in [0.29, 0.717) is 6.04 Å². The Hall–Kier alpha value is -0.570. The minimum Gasteiger partial charge on any atom is -0.390 e. The van der Waals surface area contributed by atoms with Crippen molar-refractivity contribution in [2.24, 2.45) is 5.41 Å². The van der Waals surface area contributed by atoms with Crippen molar-refractivity contribution in [3.05, 3.63) is 0 Å². The second-order valence-electron chi connectivity index (χ2n) is 5.18. The number of carbonyl (C=O) groups excluding carboxylic acids is 1. The van der Waals surface area contributed by atoms with Gasteiger partial charge in [-0.05, 0) is 32.1 Å². The molecule has 0 aromatic rings. The SMILES string of the molecule is CN(C(=O)C12CC(O)(C1)C2)C1CC1. The normalized spacial score (nSPS) is 46.3. The first kappa shape index (κ1) is 7.80. The van der Waals surface area contributed by atoms with Gasteiger partial charge in [0.05, 0.1) is 11.0 Å². The first-order valence-corrected chi connectivity index (χ1v) is 5.04. The second kappa shape index (κ2) is 1.92. The van der Waals surface area contributed by atoms with Crippen LogP contribution in [0.3, 0.4) is 0 Å². The monoisotopic (exact) mass is 181 g/mol. The number of hydrogen-bond acceptors (Lipinski definition) is 2. The van der Waals surface area contributed by atoms with Crippen molar-refractivity contribution in [3.63, 3.8) is 0 Å². The van der Waals surface area contributed by atoms with Crippen LogP contribution in [0.4, 0.5) is 0 Å². The molecule has 0 aromatic heterocycles. The maximum absolute atomic E-state index is 11.9. The Balaban J connectivity index is 1.69. The summed E-state index contributed by atoms with van der Waals surface area (Å²) in [5.74, 6) is 0.283. The summed E-state index contributed by atoms with van der Waals surface area (Å²) < 4.78 is 0. The summed E-state index contributed by atoms with van der Waals surface area (Å²) in [6.07, 6.45) is 4.49. The largest absolute Gasteiger partial charge is 0.390 e. The van der Waals surface area contributed by atoms with E-state index in [0.717, 1.165) is 19.3 Å². The van der Waals surface area contributed by atoms with Crippen molar-refractivity contribution in [2.45, 2.75) is 43.7 Å². The van der Waals surface area contributed by atoms with E-state index in [4.69, 9.17) is 0 Å². The number of amides is 1. The Morgan fingerprint density at radius 1 is 1.38 bits per heavy atom. The van der Waals surface area contributed by atoms with Crippen molar-refractivity contribution >= 4 is 5.91 Å². The summed E-state index contributed by atoms with van der Waals surface area (Å²) in [5.41, 5.74) is -0.577. The maximum atomic E-state index is 11.9. The van der Waals surface area contributed by atoms with Crippen LogP contribution in [-0.2, 0) is 4.79 Å². The molecule has 0 aromatic carbocycles. The van der Waals surface area contributed by atoms with E-state index in [1.807, 2.05) is 11.9 Å². The summed E-state index contributed by atoms with van der Waals surface area (Å²) in [5, 5.41) is 9.56. The van der Waals surface area contributed by atoms with Crippen LogP contribution in [0, 0.1) is 5.41 Å². The van der Waals surface area contributed by atoms with Gasteiger partial charge in [-0.2, -0.15) is 0 Å². The molecule has 1 N–H and O–H groups in total. The fourth-order valence-electron chi connectivity index (χ4n) is 2.96. The molecule has 4 rings (SSSR count). The lowest BCUT2D eigenvalue weighted by atomic mass is 9.41. The molecule has 4 aliphatic carbocycles. The van der Waals surface area contributed by atoms with Gasteiger partial charge >= 0.3 is 0 Å².